The second kappa shape index (κ2) is 14.5. The summed E-state index contributed by atoms with van der Waals surface area (Å²) in [5.74, 6) is -1.01. The van der Waals surface area contributed by atoms with Crippen molar-refractivity contribution >= 4 is 5.97 Å². The zero-order valence-electron chi connectivity index (χ0n) is 16.1. The smallest absolute Gasteiger partial charge is 0.121 e. The number of aliphatic carboxylic acids is 1. The van der Waals surface area contributed by atoms with Gasteiger partial charge >= 0.3 is 0 Å². The van der Waals surface area contributed by atoms with Crippen molar-refractivity contribution < 1.29 is 19.5 Å². The van der Waals surface area contributed by atoms with Gasteiger partial charge in [0.15, 0.2) is 0 Å². The molecule has 0 aromatic carbocycles. The molecule has 4 nitrogen and oxygen atoms in total. The predicted octanol–water partition coefficient (Wildman–Crippen LogP) is 3.04. The Hall–Kier alpha value is -0.870. The van der Waals surface area contributed by atoms with Gasteiger partial charge in [-0.1, -0.05) is 58.6 Å². The van der Waals surface area contributed by atoms with Crippen LogP contribution in [-0.2, 0) is 4.79 Å². The van der Waals surface area contributed by atoms with Crippen molar-refractivity contribution in [3.63, 3.8) is 0 Å². The molecule has 0 aromatic heterocycles. The van der Waals surface area contributed by atoms with E-state index in [0.717, 1.165) is 70.9 Å². The minimum Gasteiger partial charge on any atom is -0.544 e. The van der Waals surface area contributed by atoms with E-state index in [4.69, 9.17) is 0 Å². The van der Waals surface area contributed by atoms with E-state index in [0.29, 0.717) is 11.0 Å². The third kappa shape index (κ3) is 11.6. The fraction of sp³-hybridized carbons (Fsp3) is 0.850. The van der Waals surface area contributed by atoms with Crippen LogP contribution < -0.4 is 5.11 Å². The summed E-state index contributed by atoms with van der Waals surface area (Å²) in [6.07, 6.45) is 13.0. The van der Waals surface area contributed by atoms with E-state index in [9.17, 15) is 15.0 Å². The maximum Gasteiger partial charge on any atom is 0.121 e. The number of carboxylic acid groups (broad SMARTS) is 1. The number of carbonyl (C=O) groups excluding carboxylic acids is 1. The van der Waals surface area contributed by atoms with E-state index in [1.165, 1.54) is 0 Å². The topological polar surface area (TPSA) is 60.4 Å². The Morgan fingerprint density at radius 2 is 1.54 bits per heavy atom. The summed E-state index contributed by atoms with van der Waals surface area (Å²) in [6, 6.07) is 0. The number of allylic oxidation sites excluding steroid dienone is 1. The van der Waals surface area contributed by atoms with E-state index < -0.39 is 12.1 Å². The van der Waals surface area contributed by atoms with Crippen LogP contribution in [0.1, 0.15) is 78.6 Å². The van der Waals surface area contributed by atoms with Crippen LogP contribution in [0.5, 0.6) is 0 Å². The summed E-state index contributed by atoms with van der Waals surface area (Å²) in [5, 5.41) is 21.7. The molecule has 24 heavy (non-hydrogen) atoms. The summed E-state index contributed by atoms with van der Waals surface area (Å²) in [6.45, 7) is 8.55. The van der Waals surface area contributed by atoms with E-state index in [2.05, 4.69) is 20.8 Å². The lowest BCUT2D eigenvalue weighted by Gasteiger charge is -2.40. The summed E-state index contributed by atoms with van der Waals surface area (Å²) in [7, 11) is 0. The van der Waals surface area contributed by atoms with E-state index in [1.54, 1.807) is 0 Å². The number of hydrogen-bond donors (Lipinski definition) is 1. The molecule has 0 aliphatic heterocycles. The normalized spacial score (nSPS) is 13.5. The first-order valence-electron chi connectivity index (χ1n) is 9.89. The molecule has 0 fully saturated rings. The molecule has 0 aliphatic rings. The zero-order valence-corrected chi connectivity index (χ0v) is 16.1. The lowest BCUT2D eigenvalue weighted by atomic mass is 10.1. The molecule has 0 saturated heterocycles. The Kier molecular flexibility index (Phi) is 13.9. The van der Waals surface area contributed by atoms with Crippen molar-refractivity contribution in [1.29, 1.82) is 0 Å². The number of nitrogens with zero attached hydrogens (tertiary/aromatic N) is 1. The standard InChI is InChI=1S/C20H39NO3/c1-4-7-10-11-14-19(22)17-21(18-20(23)24,15-12-8-5-2)16-13-9-6-3/h11,14,19,22H,4-10,12-13,15-18H2,1-3H3/b14-11+. The molecule has 0 aromatic rings. The van der Waals surface area contributed by atoms with Gasteiger partial charge in [0.2, 0.25) is 0 Å². The highest BCUT2D eigenvalue weighted by atomic mass is 16.4. The lowest BCUT2D eigenvalue weighted by molar-refractivity contribution is -0.925. The highest BCUT2D eigenvalue weighted by molar-refractivity contribution is 5.65. The number of unbranched alkanes of at least 4 members (excludes halogenated alkanes) is 6. The number of rotatable bonds is 16. The van der Waals surface area contributed by atoms with E-state index in [1.807, 2.05) is 12.2 Å². The minimum absolute atomic E-state index is 0.00723. The van der Waals surface area contributed by atoms with E-state index >= 15 is 0 Å². The van der Waals surface area contributed by atoms with Gasteiger partial charge in [-0.2, -0.15) is 0 Å². The highest BCUT2D eigenvalue weighted by Gasteiger charge is 2.29. The maximum absolute atomic E-state index is 11.3. The first-order valence-corrected chi connectivity index (χ1v) is 9.89. The molecule has 0 aliphatic carbocycles. The molecule has 0 radical (unpaired) electrons. The van der Waals surface area contributed by atoms with Crippen LogP contribution in [-0.4, -0.2) is 47.8 Å². The largest absolute Gasteiger partial charge is 0.544 e. The Bertz CT molecular complexity index is 332. The van der Waals surface area contributed by atoms with Crippen LogP contribution in [0, 0.1) is 0 Å². The zero-order chi connectivity index (χ0) is 18.3. The maximum atomic E-state index is 11.3. The van der Waals surface area contributed by atoms with Crippen LogP contribution in [0.25, 0.3) is 0 Å². The van der Waals surface area contributed by atoms with Crippen molar-refractivity contribution in [2.45, 2.75) is 84.7 Å². The number of aliphatic hydroxyl groups is 1. The molecule has 0 spiro atoms. The number of aliphatic hydroxyl groups excluding tert-OH is 1. The average Bonchev–Trinajstić information content (AvgIpc) is 2.51. The second-order valence-electron chi connectivity index (χ2n) is 7.05. The monoisotopic (exact) mass is 341 g/mol. The van der Waals surface area contributed by atoms with Gasteiger partial charge in [-0.25, -0.2) is 0 Å². The molecule has 0 bridgehead atoms. The van der Waals surface area contributed by atoms with Gasteiger partial charge in [0.1, 0.15) is 19.2 Å². The molecule has 1 N–H and O–H groups in total. The summed E-state index contributed by atoms with van der Waals surface area (Å²) >= 11 is 0. The van der Waals surface area contributed by atoms with Gasteiger partial charge in [0.25, 0.3) is 0 Å². The average molecular weight is 342 g/mol. The number of quaternary nitrogens is 1. The number of hydrogen-bond acceptors (Lipinski definition) is 3. The van der Waals surface area contributed by atoms with Gasteiger partial charge < -0.3 is 19.5 Å². The first kappa shape index (κ1) is 23.1. The Balaban J connectivity index is 4.91. The predicted molar refractivity (Wildman–Crippen MR) is 98.5 cm³/mol. The summed E-state index contributed by atoms with van der Waals surface area (Å²) in [4.78, 5) is 11.3. The molecule has 0 saturated carbocycles. The molecular formula is C20H39NO3. The van der Waals surface area contributed by atoms with Crippen LogP contribution in [0.4, 0.5) is 0 Å². The first-order chi connectivity index (χ1) is 11.5. The van der Waals surface area contributed by atoms with Gasteiger partial charge in [0.05, 0.1) is 19.1 Å². The van der Waals surface area contributed by atoms with Crippen molar-refractivity contribution in [3.05, 3.63) is 12.2 Å². The molecule has 4 heteroatoms. The molecule has 0 rings (SSSR count). The Morgan fingerprint density at radius 3 is 2.00 bits per heavy atom. The van der Waals surface area contributed by atoms with Gasteiger partial charge in [-0.3, -0.25) is 0 Å². The van der Waals surface area contributed by atoms with Crippen molar-refractivity contribution in [2.75, 3.05) is 26.2 Å². The number of carboxylic acids is 1. The second-order valence-corrected chi connectivity index (χ2v) is 7.05. The summed E-state index contributed by atoms with van der Waals surface area (Å²) in [5.41, 5.74) is 0. The van der Waals surface area contributed by atoms with Crippen LogP contribution in [0.15, 0.2) is 12.2 Å². The van der Waals surface area contributed by atoms with Gasteiger partial charge in [-0.15, -0.1) is 0 Å². The van der Waals surface area contributed by atoms with E-state index in [-0.39, 0.29) is 6.54 Å². The van der Waals surface area contributed by atoms with Crippen LogP contribution in [0.3, 0.4) is 0 Å². The minimum atomic E-state index is -1.01. The quantitative estimate of drug-likeness (QED) is 0.267. The fourth-order valence-electron chi connectivity index (χ4n) is 3.22. The van der Waals surface area contributed by atoms with Crippen LogP contribution in [0.2, 0.25) is 0 Å². The fourth-order valence-corrected chi connectivity index (χ4v) is 3.22. The third-order valence-electron chi connectivity index (χ3n) is 4.59. The van der Waals surface area contributed by atoms with Crippen molar-refractivity contribution in [1.82, 2.24) is 0 Å². The molecule has 142 valence electrons. The Labute approximate surface area is 149 Å². The van der Waals surface area contributed by atoms with Crippen LogP contribution >= 0.6 is 0 Å². The van der Waals surface area contributed by atoms with Gasteiger partial charge in [-0.05, 0) is 32.1 Å². The third-order valence-corrected chi connectivity index (χ3v) is 4.59. The van der Waals surface area contributed by atoms with Crippen molar-refractivity contribution in [2.24, 2.45) is 0 Å². The molecule has 1 atom stereocenters. The number of carbonyl (C=O) groups is 1. The molecule has 0 heterocycles. The van der Waals surface area contributed by atoms with Gasteiger partial charge in [0, 0.05) is 0 Å². The summed E-state index contributed by atoms with van der Waals surface area (Å²) < 4.78 is 0.446. The molecule has 0 amide bonds. The molecule has 1 unspecified atom stereocenters. The molecular weight excluding hydrogens is 302 g/mol. The Morgan fingerprint density at radius 1 is 1.00 bits per heavy atom. The van der Waals surface area contributed by atoms with Crippen molar-refractivity contribution in [3.8, 4) is 0 Å². The highest BCUT2D eigenvalue weighted by Crippen LogP contribution is 2.15. The SMILES string of the molecule is CCCC/C=C/C(O)C[N+](CCCCC)(CCCCC)CC(=O)[O-]. The lowest BCUT2D eigenvalue weighted by Crippen LogP contribution is -2.58.